The fourth-order valence-corrected chi connectivity index (χ4v) is 3.76. The SMILES string of the molecule is N#C[C@]1(Cc2ccc([N+](=O)[O-])cc2)c2ccccc2C=CN1C(=O)c1ccccc1. The van der Waals surface area contributed by atoms with Crippen molar-refractivity contribution in [3.8, 4) is 6.07 Å². The summed E-state index contributed by atoms with van der Waals surface area (Å²) in [4.78, 5) is 25.3. The van der Waals surface area contributed by atoms with E-state index in [1.807, 2.05) is 36.4 Å². The van der Waals surface area contributed by atoms with Gasteiger partial charge in [-0.1, -0.05) is 54.6 Å². The number of carbonyl (C=O) groups excluding carboxylic acids is 1. The van der Waals surface area contributed by atoms with Gasteiger partial charge in [0.25, 0.3) is 11.6 Å². The van der Waals surface area contributed by atoms with Crippen molar-refractivity contribution >= 4 is 17.7 Å². The van der Waals surface area contributed by atoms with Crippen LogP contribution in [0.3, 0.4) is 0 Å². The number of fused-ring (bicyclic) bond motifs is 1. The van der Waals surface area contributed by atoms with Crippen LogP contribution in [0.25, 0.3) is 6.08 Å². The summed E-state index contributed by atoms with van der Waals surface area (Å²) in [5.74, 6) is -0.287. The minimum absolute atomic E-state index is 0.0223. The van der Waals surface area contributed by atoms with E-state index in [0.29, 0.717) is 5.56 Å². The molecule has 30 heavy (non-hydrogen) atoms. The molecule has 1 aliphatic heterocycles. The van der Waals surface area contributed by atoms with Crippen LogP contribution in [0.15, 0.2) is 85.1 Å². The Kier molecular flexibility index (Phi) is 4.87. The lowest BCUT2D eigenvalue weighted by Gasteiger charge is -2.40. The Balaban J connectivity index is 1.82. The number of nitro groups is 1. The van der Waals surface area contributed by atoms with Crippen LogP contribution >= 0.6 is 0 Å². The molecule has 6 heteroatoms. The first-order valence-corrected chi connectivity index (χ1v) is 9.36. The third kappa shape index (κ3) is 3.23. The van der Waals surface area contributed by atoms with E-state index >= 15 is 0 Å². The molecule has 0 saturated carbocycles. The monoisotopic (exact) mass is 395 g/mol. The van der Waals surface area contributed by atoms with Gasteiger partial charge in [-0.2, -0.15) is 5.26 Å². The predicted molar refractivity (Wildman–Crippen MR) is 112 cm³/mol. The number of nitriles is 1. The van der Waals surface area contributed by atoms with Crippen molar-refractivity contribution in [2.24, 2.45) is 0 Å². The third-order valence-corrected chi connectivity index (χ3v) is 5.25. The molecule has 0 unspecified atom stereocenters. The lowest BCUT2D eigenvalue weighted by atomic mass is 9.79. The Hall–Kier alpha value is -4.24. The Morgan fingerprint density at radius 1 is 1.00 bits per heavy atom. The molecular formula is C24H17N3O3. The van der Waals surface area contributed by atoms with Crippen LogP contribution in [0.4, 0.5) is 5.69 Å². The van der Waals surface area contributed by atoms with Gasteiger partial charge < -0.3 is 0 Å². The van der Waals surface area contributed by atoms with Crippen LogP contribution in [0.1, 0.15) is 27.0 Å². The van der Waals surface area contributed by atoms with Crippen molar-refractivity contribution in [3.05, 3.63) is 117 Å². The van der Waals surface area contributed by atoms with E-state index in [4.69, 9.17) is 0 Å². The molecule has 0 bridgehead atoms. The molecule has 3 aromatic rings. The summed E-state index contributed by atoms with van der Waals surface area (Å²) >= 11 is 0. The summed E-state index contributed by atoms with van der Waals surface area (Å²) in [6, 6.07) is 24.7. The zero-order valence-electron chi connectivity index (χ0n) is 15.9. The molecule has 1 heterocycles. The number of carbonyl (C=O) groups is 1. The number of rotatable bonds is 4. The van der Waals surface area contributed by atoms with E-state index in [-0.39, 0.29) is 18.0 Å². The van der Waals surface area contributed by atoms with Gasteiger partial charge in [0.2, 0.25) is 0 Å². The summed E-state index contributed by atoms with van der Waals surface area (Å²) in [6.45, 7) is 0. The number of non-ortho nitro benzene ring substituents is 1. The predicted octanol–water partition coefficient (Wildman–Crippen LogP) is 4.68. The largest absolute Gasteiger partial charge is 0.291 e. The topological polar surface area (TPSA) is 87.2 Å². The van der Waals surface area contributed by atoms with Gasteiger partial charge in [-0.05, 0) is 34.9 Å². The molecule has 3 aromatic carbocycles. The average Bonchev–Trinajstić information content (AvgIpc) is 2.79. The van der Waals surface area contributed by atoms with E-state index in [2.05, 4.69) is 6.07 Å². The van der Waals surface area contributed by atoms with Crippen LogP contribution in [-0.2, 0) is 12.0 Å². The Morgan fingerprint density at radius 2 is 1.67 bits per heavy atom. The number of benzene rings is 3. The van der Waals surface area contributed by atoms with E-state index in [1.165, 1.54) is 17.0 Å². The van der Waals surface area contributed by atoms with Gasteiger partial charge in [-0.15, -0.1) is 0 Å². The molecule has 0 N–H and O–H groups in total. The van der Waals surface area contributed by atoms with Crippen molar-refractivity contribution < 1.29 is 9.72 Å². The highest BCUT2D eigenvalue weighted by atomic mass is 16.6. The number of amides is 1. The summed E-state index contributed by atoms with van der Waals surface area (Å²) < 4.78 is 0. The van der Waals surface area contributed by atoms with Gasteiger partial charge in [0.05, 0.1) is 11.0 Å². The standard InChI is InChI=1S/C24H17N3O3/c25-17-24(16-18-10-12-21(13-11-18)27(29)30)22-9-5-4-6-19(22)14-15-26(24)23(28)20-7-2-1-3-8-20/h1-15H,16H2/t24-/m1/s1. The first-order chi connectivity index (χ1) is 14.5. The smallest absolute Gasteiger partial charge is 0.269 e. The van der Waals surface area contributed by atoms with Crippen molar-refractivity contribution in [3.63, 3.8) is 0 Å². The summed E-state index contributed by atoms with van der Waals surface area (Å²) in [5.41, 5.74) is 1.47. The van der Waals surface area contributed by atoms with Gasteiger partial charge >= 0.3 is 0 Å². The van der Waals surface area contributed by atoms with Crippen LogP contribution in [0.5, 0.6) is 0 Å². The number of hydrogen-bond donors (Lipinski definition) is 0. The normalized spacial score (nSPS) is 17.1. The minimum Gasteiger partial charge on any atom is -0.291 e. The molecule has 146 valence electrons. The van der Waals surface area contributed by atoms with Crippen LogP contribution in [0.2, 0.25) is 0 Å². The van der Waals surface area contributed by atoms with Gasteiger partial charge in [-0.25, -0.2) is 0 Å². The maximum atomic E-state index is 13.4. The van der Waals surface area contributed by atoms with E-state index in [1.54, 1.807) is 42.6 Å². The highest BCUT2D eigenvalue weighted by Gasteiger charge is 2.44. The van der Waals surface area contributed by atoms with Crippen molar-refractivity contribution in [2.45, 2.75) is 12.0 Å². The second-order valence-corrected chi connectivity index (χ2v) is 7.02. The second kappa shape index (κ2) is 7.64. The molecule has 0 saturated heterocycles. The Labute approximate surface area is 173 Å². The Bertz CT molecular complexity index is 1180. The fourth-order valence-electron chi connectivity index (χ4n) is 3.76. The maximum absolute atomic E-state index is 13.4. The van der Waals surface area contributed by atoms with Gasteiger partial charge in [0, 0.05) is 30.3 Å². The van der Waals surface area contributed by atoms with E-state index in [9.17, 15) is 20.2 Å². The second-order valence-electron chi connectivity index (χ2n) is 7.02. The molecule has 6 nitrogen and oxygen atoms in total. The molecule has 0 fully saturated rings. The summed E-state index contributed by atoms with van der Waals surface area (Å²) in [6.07, 6.45) is 3.66. The van der Waals surface area contributed by atoms with Crippen molar-refractivity contribution in [2.75, 3.05) is 0 Å². The number of nitrogens with zero attached hydrogens (tertiary/aromatic N) is 3. The van der Waals surface area contributed by atoms with E-state index < -0.39 is 10.5 Å². The third-order valence-electron chi connectivity index (χ3n) is 5.25. The molecular weight excluding hydrogens is 378 g/mol. The molecule has 0 radical (unpaired) electrons. The molecule has 1 amide bonds. The zero-order valence-corrected chi connectivity index (χ0v) is 15.9. The number of hydrogen-bond acceptors (Lipinski definition) is 4. The van der Waals surface area contributed by atoms with Gasteiger partial charge in [0.15, 0.2) is 5.54 Å². The Morgan fingerprint density at radius 3 is 2.33 bits per heavy atom. The van der Waals surface area contributed by atoms with Crippen LogP contribution < -0.4 is 0 Å². The van der Waals surface area contributed by atoms with Crippen molar-refractivity contribution in [1.82, 2.24) is 4.90 Å². The molecule has 4 rings (SSSR count). The highest BCUT2D eigenvalue weighted by molar-refractivity contribution is 5.96. The molecule has 1 aliphatic rings. The van der Waals surface area contributed by atoms with Crippen LogP contribution in [0, 0.1) is 21.4 Å². The minimum atomic E-state index is -1.28. The molecule has 1 atom stereocenters. The fraction of sp³-hybridized carbons (Fsp3) is 0.0833. The number of nitro benzene ring substituents is 1. The average molecular weight is 395 g/mol. The zero-order chi connectivity index (χ0) is 21.1. The molecule has 0 aromatic heterocycles. The molecule has 0 aliphatic carbocycles. The van der Waals surface area contributed by atoms with Crippen molar-refractivity contribution in [1.29, 1.82) is 5.26 Å². The highest BCUT2D eigenvalue weighted by Crippen LogP contribution is 2.39. The lowest BCUT2D eigenvalue weighted by molar-refractivity contribution is -0.384. The van der Waals surface area contributed by atoms with E-state index in [0.717, 1.165) is 16.7 Å². The first kappa shape index (κ1) is 19.1. The molecule has 0 spiro atoms. The summed E-state index contributed by atoms with van der Waals surface area (Å²) in [7, 11) is 0. The van der Waals surface area contributed by atoms with Gasteiger partial charge in [0.1, 0.15) is 0 Å². The van der Waals surface area contributed by atoms with Gasteiger partial charge in [-0.3, -0.25) is 19.8 Å². The quantitative estimate of drug-likeness (QED) is 0.474. The summed E-state index contributed by atoms with van der Waals surface area (Å²) in [5, 5.41) is 21.3. The maximum Gasteiger partial charge on any atom is 0.269 e. The lowest BCUT2D eigenvalue weighted by Crippen LogP contribution is -2.49. The first-order valence-electron chi connectivity index (χ1n) is 9.36. The van der Waals surface area contributed by atoms with Crippen LogP contribution in [-0.4, -0.2) is 15.7 Å².